The molecule has 3 saturated carbocycles. The van der Waals surface area contributed by atoms with Crippen molar-refractivity contribution in [2.45, 2.75) is 110 Å². The van der Waals surface area contributed by atoms with E-state index >= 15 is 0 Å². The first-order chi connectivity index (χ1) is 14.1. The van der Waals surface area contributed by atoms with E-state index in [-0.39, 0.29) is 16.1 Å². The third kappa shape index (κ3) is 4.12. The molecule has 178 valence electrons. The average Bonchev–Trinajstić information content (AvgIpc) is 2.97. The van der Waals surface area contributed by atoms with E-state index in [9.17, 15) is 4.57 Å². The molecule has 4 aliphatic carbocycles. The van der Waals surface area contributed by atoms with Crippen LogP contribution in [0.2, 0.25) is 18.1 Å². The predicted molar refractivity (Wildman–Crippen MR) is 137 cm³/mol. The smallest absolute Gasteiger partial charge is 0.192 e. The molecular weight excluding hydrogens is 415 g/mol. The van der Waals surface area contributed by atoms with Crippen molar-refractivity contribution in [3.8, 4) is 0 Å². The van der Waals surface area contributed by atoms with Gasteiger partial charge in [-0.15, -0.1) is 0 Å². The summed E-state index contributed by atoms with van der Waals surface area (Å²) in [4.78, 5) is 0. The Morgan fingerprint density at radius 2 is 1.65 bits per heavy atom. The van der Waals surface area contributed by atoms with Gasteiger partial charge in [0.25, 0.3) is 0 Å². The third-order valence-electron chi connectivity index (χ3n) is 10.6. The van der Waals surface area contributed by atoms with E-state index in [1.54, 1.807) is 0 Å². The van der Waals surface area contributed by atoms with Crippen LogP contribution in [0.3, 0.4) is 0 Å². The van der Waals surface area contributed by atoms with Gasteiger partial charge in [-0.05, 0) is 130 Å². The Kier molecular flexibility index (Phi) is 5.93. The van der Waals surface area contributed by atoms with Crippen molar-refractivity contribution in [3.05, 3.63) is 11.4 Å². The van der Waals surface area contributed by atoms with E-state index in [4.69, 9.17) is 4.43 Å². The van der Waals surface area contributed by atoms with Gasteiger partial charge in [-0.1, -0.05) is 33.8 Å². The monoisotopic (exact) mass is 464 g/mol. The van der Waals surface area contributed by atoms with Crippen LogP contribution in [0.5, 0.6) is 0 Å². The molecule has 0 saturated heterocycles. The van der Waals surface area contributed by atoms with Gasteiger partial charge in [0.05, 0.1) is 5.60 Å². The molecule has 0 heterocycles. The Bertz CT molecular complexity index is 790. The Hall–Kier alpha value is 0.147. The van der Waals surface area contributed by atoms with Crippen LogP contribution in [0.25, 0.3) is 0 Å². The lowest BCUT2D eigenvalue weighted by atomic mass is 9.50. The molecule has 0 unspecified atom stereocenters. The summed E-state index contributed by atoms with van der Waals surface area (Å²) in [5.41, 5.74) is 0.293. The van der Waals surface area contributed by atoms with E-state index in [1.807, 2.05) is 13.3 Å². The van der Waals surface area contributed by atoms with E-state index < -0.39 is 15.5 Å². The number of hydrogen-bond donors (Lipinski definition) is 0. The maximum Gasteiger partial charge on any atom is 0.192 e. The summed E-state index contributed by atoms with van der Waals surface area (Å²) in [5.74, 6) is 4.25. The van der Waals surface area contributed by atoms with Gasteiger partial charge in [-0.3, -0.25) is 0 Å². The molecular formula is C27H49O2PSi. The fourth-order valence-corrected chi connectivity index (χ4v) is 12.1. The van der Waals surface area contributed by atoms with Gasteiger partial charge < -0.3 is 8.99 Å². The summed E-state index contributed by atoms with van der Waals surface area (Å²) in [7, 11) is -3.89. The molecule has 0 aromatic rings. The maximum absolute atomic E-state index is 13.0. The normalized spacial score (nSPS) is 43.6. The van der Waals surface area contributed by atoms with Crippen LogP contribution >= 0.6 is 7.14 Å². The molecule has 2 nitrogen and oxygen atoms in total. The summed E-state index contributed by atoms with van der Waals surface area (Å²) in [6.07, 6.45) is 12.9. The van der Waals surface area contributed by atoms with Crippen LogP contribution in [-0.2, 0) is 8.99 Å². The Balaban J connectivity index is 1.48. The molecule has 0 bridgehead atoms. The third-order valence-corrected chi connectivity index (χ3v) is 17.1. The minimum absolute atomic E-state index is 0.0827. The van der Waals surface area contributed by atoms with Crippen LogP contribution in [0.1, 0.15) is 86.0 Å². The van der Waals surface area contributed by atoms with Crippen molar-refractivity contribution in [1.29, 1.82) is 0 Å². The largest absolute Gasteiger partial charge is 0.412 e. The minimum atomic E-state index is -2.15. The maximum atomic E-state index is 13.0. The van der Waals surface area contributed by atoms with Gasteiger partial charge in [0.2, 0.25) is 0 Å². The first-order valence-corrected chi connectivity index (χ1v) is 18.5. The lowest BCUT2D eigenvalue weighted by molar-refractivity contribution is -0.0854. The number of rotatable bonds is 3. The molecule has 3 fully saturated rings. The fourth-order valence-electron chi connectivity index (χ4n) is 8.31. The molecule has 4 rings (SSSR count). The summed E-state index contributed by atoms with van der Waals surface area (Å²) in [6, 6.07) is 0. The van der Waals surface area contributed by atoms with Gasteiger partial charge in [0.15, 0.2) is 8.32 Å². The van der Waals surface area contributed by atoms with Crippen molar-refractivity contribution < 1.29 is 8.99 Å². The Morgan fingerprint density at radius 3 is 2.26 bits per heavy atom. The molecule has 4 heteroatoms. The molecule has 7 atom stereocenters. The molecule has 0 spiro atoms. The second-order valence-corrected chi connectivity index (χ2v) is 22.0. The van der Waals surface area contributed by atoms with E-state index in [0.29, 0.717) is 0 Å². The van der Waals surface area contributed by atoms with Gasteiger partial charge in [-0.25, -0.2) is 0 Å². The predicted octanol–water partition coefficient (Wildman–Crippen LogP) is 8.54. The lowest BCUT2D eigenvalue weighted by Crippen LogP contribution is -2.54. The average molecular weight is 465 g/mol. The zero-order valence-corrected chi connectivity index (χ0v) is 23.8. The first kappa shape index (κ1) is 24.3. The highest BCUT2D eigenvalue weighted by molar-refractivity contribution is 7.66. The van der Waals surface area contributed by atoms with Gasteiger partial charge in [0.1, 0.15) is 7.14 Å². The van der Waals surface area contributed by atoms with Crippen molar-refractivity contribution in [2.75, 3.05) is 13.3 Å². The molecule has 0 N–H and O–H groups in total. The first-order valence-electron chi connectivity index (χ1n) is 13.0. The second kappa shape index (κ2) is 7.57. The number of fused-ring (bicyclic) bond motifs is 5. The summed E-state index contributed by atoms with van der Waals surface area (Å²) in [6.45, 7) is 20.8. The van der Waals surface area contributed by atoms with Crippen LogP contribution in [-0.4, -0.2) is 27.2 Å². The van der Waals surface area contributed by atoms with Crippen molar-refractivity contribution >= 4 is 15.5 Å². The summed E-state index contributed by atoms with van der Waals surface area (Å²) in [5, 5.41) is 1.62. The van der Waals surface area contributed by atoms with Gasteiger partial charge in [0, 0.05) is 0 Å². The van der Waals surface area contributed by atoms with E-state index in [1.165, 1.54) is 56.7 Å². The summed E-state index contributed by atoms with van der Waals surface area (Å²) < 4.78 is 20.1. The highest BCUT2D eigenvalue weighted by Crippen LogP contribution is 2.69. The van der Waals surface area contributed by atoms with Crippen LogP contribution in [0, 0.1) is 35.0 Å². The zero-order valence-electron chi connectivity index (χ0n) is 21.9. The molecule has 0 radical (unpaired) electrons. The lowest BCUT2D eigenvalue weighted by Gasteiger charge is -2.58. The fraction of sp³-hybridized carbons (Fsp3) is 0.926. The molecule has 0 aromatic heterocycles. The van der Waals surface area contributed by atoms with Crippen molar-refractivity contribution in [2.24, 2.45) is 35.0 Å². The van der Waals surface area contributed by atoms with E-state index in [2.05, 4.69) is 53.8 Å². The topological polar surface area (TPSA) is 26.3 Å². The second-order valence-electron chi connectivity index (χ2n) is 14.1. The Labute approximate surface area is 193 Å². The van der Waals surface area contributed by atoms with Crippen molar-refractivity contribution in [1.82, 2.24) is 0 Å². The minimum Gasteiger partial charge on any atom is -0.412 e. The highest BCUT2D eigenvalue weighted by atomic mass is 31.2. The number of allylic oxidation sites excluding steroid dienone is 2. The standard InChI is InChI=1S/C27H49O2PSi/c1-25(2,3)31(8,9)29-26(4)16-14-20-19(18-26)10-11-22-21(20)15-17-27(5)23(22)12-13-24(27)30(6,7)28/h13,19-23H,10-12,14-18H2,1-9H3/t19-,20+,21-,22-,23+,26-,27+/m1/s1. The number of hydrogen-bond acceptors (Lipinski definition) is 2. The van der Waals surface area contributed by atoms with Gasteiger partial charge >= 0.3 is 0 Å². The van der Waals surface area contributed by atoms with Crippen LogP contribution in [0.4, 0.5) is 0 Å². The SMILES string of the molecule is CC(C)(C)[Si](C)(C)O[C@]1(C)CC[C@H]2[C@H](CC[C@@H]3[C@@H]2CC[C@]2(C)C(P(C)(C)=O)=CC[C@@H]32)C1. The molecule has 31 heavy (non-hydrogen) atoms. The molecule has 0 amide bonds. The van der Waals surface area contributed by atoms with Crippen molar-refractivity contribution in [3.63, 3.8) is 0 Å². The summed E-state index contributed by atoms with van der Waals surface area (Å²) >= 11 is 0. The molecule has 0 aliphatic heterocycles. The molecule has 0 aromatic carbocycles. The van der Waals surface area contributed by atoms with Crippen LogP contribution < -0.4 is 0 Å². The van der Waals surface area contributed by atoms with E-state index in [0.717, 1.165) is 29.6 Å². The highest BCUT2D eigenvalue weighted by Gasteiger charge is 2.57. The molecule has 4 aliphatic rings. The van der Waals surface area contributed by atoms with Crippen LogP contribution in [0.15, 0.2) is 11.4 Å². The van der Waals surface area contributed by atoms with Gasteiger partial charge in [-0.2, -0.15) is 0 Å². The Morgan fingerprint density at radius 1 is 1.00 bits per heavy atom. The zero-order chi connectivity index (χ0) is 23.0. The quantitative estimate of drug-likeness (QED) is 0.309.